The Balaban J connectivity index is 2.11. The largest absolute Gasteiger partial charge is 0.439 e. The molecule has 0 atom stereocenters. The number of halogens is 2. The number of rotatable bonds is 5. The predicted molar refractivity (Wildman–Crippen MR) is 71.6 cm³/mol. The van der Waals surface area contributed by atoms with E-state index in [1.54, 1.807) is 18.3 Å². The van der Waals surface area contributed by atoms with Gasteiger partial charge >= 0.3 is 0 Å². The Hall–Kier alpha value is -1.20. The third-order valence-electron chi connectivity index (χ3n) is 2.46. The van der Waals surface area contributed by atoms with Crippen LogP contribution in [0.2, 0.25) is 0 Å². The van der Waals surface area contributed by atoms with Crippen molar-refractivity contribution in [2.45, 2.75) is 19.9 Å². The highest BCUT2D eigenvalue weighted by atomic mass is 79.9. The molecule has 0 amide bonds. The number of aromatic nitrogens is 1. The number of hydrogen-bond donors (Lipinski definition) is 1. The lowest BCUT2D eigenvalue weighted by molar-refractivity contribution is 0.477. The van der Waals surface area contributed by atoms with Gasteiger partial charge in [-0.2, -0.15) is 0 Å². The molecule has 2 rings (SSSR count). The van der Waals surface area contributed by atoms with Crippen molar-refractivity contribution in [3.8, 4) is 11.3 Å². The Morgan fingerprint density at radius 2 is 2.28 bits per heavy atom. The van der Waals surface area contributed by atoms with Gasteiger partial charge in [-0.05, 0) is 47.1 Å². The highest BCUT2D eigenvalue weighted by Crippen LogP contribution is 2.25. The first kappa shape index (κ1) is 13.2. The fraction of sp³-hybridized carbons (Fsp3) is 0.308. The van der Waals surface area contributed by atoms with Crippen molar-refractivity contribution >= 4 is 15.9 Å². The van der Waals surface area contributed by atoms with Gasteiger partial charge in [0.05, 0.1) is 17.2 Å². The third-order valence-corrected chi connectivity index (χ3v) is 3.10. The van der Waals surface area contributed by atoms with E-state index in [0.29, 0.717) is 28.2 Å². The summed E-state index contributed by atoms with van der Waals surface area (Å²) in [4.78, 5) is 4.15. The molecule has 1 heterocycles. The summed E-state index contributed by atoms with van der Waals surface area (Å²) >= 11 is 3.12. The molecule has 0 bridgehead atoms. The Labute approximate surface area is 114 Å². The summed E-state index contributed by atoms with van der Waals surface area (Å²) in [6.07, 6.45) is 2.68. The van der Waals surface area contributed by atoms with Gasteiger partial charge in [0.15, 0.2) is 5.76 Å². The summed E-state index contributed by atoms with van der Waals surface area (Å²) in [7, 11) is 0. The molecular weight excluding hydrogens is 299 g/mol. The van der Waals surface area contributed by atoms with Gasteiger partial charge in [-0.15, -0.1) is 0 Å². The van der Waals surface area contributed by atoms with Gasteiger partial charge in [-0.25, -0.2) is 9.37 Å². The van der Waals surface area contributed by atoms with E-state index < -0.39 is 0 Å². The molecule has 0 aliphatic rings. The van der Waals surface area contributed by atoms with Crippen molar-refractivity contribution in [1.29, 1.82) is 0 Å². The van der Waals surface area contributed by atoms with Crippen LogP contribution in [0, 0.1) is 5.82 Å². The van der Waals surface area contributed by atoms with Crippen LogP contribution in [-0.4, -0.2) is 11.5 Å². The Kier molecular flexibility index (Phi) is 4.49. The van der Waals surface area contributed by atoms with Crippen molar-refractivity contribution in [1.82, 2.24) is 10.3 Å². The molecule has 0 saturated heterocycles. The zero-order valence-electron chi connectivity index (χ0n) is 10.0. The smallest absolute Gasteiger partial charge is 0.208 e. The molecule has 3 nitrogen and oxygen atoms in total. The monoisotopic (exact) mass is 312 g/mol. The molecular formula is C13H14BrFN2O. The van der Waals surface area contributed by atoms with Crippen molar-refractivity contribution in [2.75, 3.05) is 6.54 Å². The normalized spacial score (nSPS) is 10.8. The maximum absolute atomic E-state index is 13.4. The lowest BCUT2D eigenvalue weighted by atomic mass is 10.2. The fourth-order valence-electron chi connectivity index (χ4n) is 1.55. The van der Waals surface area contributed by atoms with Crippen LogP contribution in [0.1, 0.15) is 19.2 Å². The highest BCUT2D eigenvalue weighted by molar-refractivity contribution is 9.10. The lowest BCUT2D eigenvalue weighted by Crippen LogP contribution is -2.13. The number of nitrogens with one attached hydrogen (secondary N) is 1. The van der Waals surface area contributed by atoms with Gasteiger partial charge in [0.25, 0.3) is 0 Å². The van der Waals surface area contributed by atoms with Gasteiger partial charge in [0, 0.05) is 5.56 Å². The van der Waals surface area contributed by atoms with E-state index in [0.717, 1.165) is 13.0 Å². The van der Waals surface area contributed by atoms with Gasteiger partial charge in [-0.3, -0.25) is 0 Å². The summed E-state index contributed by atoms with van der Waals surface area (Å²) in [6, 6.07) is 4.87. The highest BCUT2D eigenvalue weighted by Gasteiger charge is 2.08. The molecule has 0 aliphatic heterocycles. The van der Waals surface area contributed by atoms with Crippen molar-refractivity contribution in [2.24, 2.45) is 0 Å². The summed E-state index contributed by atoms with van der Waals surface area (Å²) in [5.41, 5.74) is 0.685. The van der Waals surface area contributed by atoms with Crippen LogP contribution in [0.15, 0.2) is 33.3 Å². The first-order valence-electron chi connectivity index (χ1n) is 5.81. The molecule has 1 N–H and O–H groups in total. The van der Waals surface area contributed by atoms with E-state index in [9.17, 15) is 4.39 Å². The fourth-order valence-corrected chi connectivity index (χ4v) is 1.79. The first-order valence-corrected chi connectivity index (χ1v) is 6.61. The topological polar surface area (TPSA) is 38.1 Å². The van der Waals surface area contributed by atoms with E-state index in [2.05, 4.69) is 33.2 Å². The summed E-state index contributed by atoms with van der Waals surface area (Å²) in [6.45, 7) is 3.61. The van der Waals surface area contributed by atoms with Crippen LogP contribution in [0.3, 0.4) is 0 Å². The zero-order chi connectivity index (χ0) is 13.0. The molecule has 96 valence electrons. The van der Waals surface area contributed by atoms with Crippen molar-refractivity contribution in [3.63, 3.8) is 0 Å². The molecule has 0 radical (unpaired) electrons. The van der Waals surface area contributed by atoms with Gasteiger partial charge in [0.2, 0.25) is 5.89 Å². The van der Waals surface area contributed by atoms with Gasteiger partial charge in [0.1, 0.15) is 5.82 Å². The average Bonchev–Trinajstić information content (AvgIpc) is 2.82. The Bertz CT molecular complexity index is 527. The molecule has 5 heteroatoms. The number of oxazole rings is 1. The SMILES string of the molecule is CCCNCc1ncc(-c2ccc(Br)c(F)c2)o1. The maximum atomic E-state index is 13.4. The van der Waals surface area contributed by atoms with E-state index >= 15 is 0 Å². The van der Waals surface area contributed by atoms with Crippen LogP contribution in [0.25, 0.3) is 11.3 Å². The van der Waals surface area contributed by atoms with Crippen LogP contribution in [0.4, 0.5) is 4.39 Å². The molecule has 18 heavy (non-hydrogen) atoms. The van der Waals surface area contributed by atoms with Crippen molar-refractivity contribution in [3.05, 3.63) is 40.6 Å². The van der Waals surface area contributed by atoms with Crippen LogP contribution in [-0.2, 0) is 6.54 Å². The minimum absolute atomic E-state index is 0.311. The minimum atomic E-state index is -0.311. The molecule has 0 aliphatic carbocycles. The van der Waals surface area contributed by atoms with Gasteiger partial charge < -0.3 is 9.73 Å². The summed E-state index contributed by atoms with van der Waals surface area (Å²) in [5, 5.41) is 3.20. The number of hydrogen-bond acceptors (Lipinski definition) is 3. The molecule has 0 spiro atoms. The second kappa shape index (κ2) is 6.11. The quantitative estimate of drug-likeness (QED) is 0.855. The molecule has 0 unspecified atom stereocenters. The second-order valence-electron chi connectivity index (χ2n) is 3.92. The van der Waals surface area contributed by atoms with E-state index in [1.165, 1.54) is 6.07 Å². The molecule has 0 saturated carbocycles. The molecule has 1 aromatic heterocycles. The first-order chi connectivity index (χ1) is 8.70. The minimum Gasteiger partial charge on any atom is -0.439 e. The van der Waals surface area contributed by atoms with Crippen molar-refractivity contribution < 1.29 is 8.81 Å². The third kappa shape index (κ3) is 3.17. The maximum Gasteiger partial charge on any atom is 0.208 e. The van der Waals surface area contributed by atoms with Crippen LogP contribution < -0.4 is 5.32 Å². The standard InChI is InChI=1S/C13H14BrFN2O/c1-2-5-16-8-13-17-7-12(18-13)9-3-4-10(14)11(15)6-9/h3-4,6-7,16H,2,5,8H2,1H3. The van der Waals surface area contributed by atoms with Crippen LogP contribution >= 0.6 is 15.9 Å². The zero-order valence-corrected chi connectivity index (χ0v) is 11.6. The summed E-state index contributed by atoms with van der Waals surface area (Å²) < 4.78 is 19.4. The molecule has 1 aromatic carbocycles. The van der Waals surface area contributed by atoms with E-state index in [-0.39, 0.29) is 5.82 Å². The Morgan fingerprint density at radius 1 is 1.44 bits per heavy atom. The van der Waals surface area contributed by atoms with E-state index in [4.69, 9.17) is 4.42 Å². The second-order valence-corrected chi connectivity index (χ2v) is 4.78. The van der Waals surface area contributed by atoms with Gasteiger partial charge in [-0.1, -0.05) is 6.92 Å². The number of nitrogens with zero attached hydrogens (tertiary/aromatic N) is 1. The Morgan fingerprint density at radius 3 is 3.00 bits per heavy atom. The molecule has 2 aromatic rings. The predicted octanol–water partition coefficient (Wildman–Crippen LogP) is 3.74. The average molecular weight is 313 g/mol. The lowest BCUT2D eigenvalue weighted by Gasteiger charge is -1.99. The number of benzene rings is 1. The summed E-state index contributed by atoms with van der Waals surface area (Å²) in [5.74, 6) is 0.881. The van der Waals surface area contributed by atoms with E-state index in [1.807, 2.05) is 0 Å². The molecule has 0 fully saturated rings. The van der Waals surface area contributed by atoms with Crippen LogP contribution in [0.5, 0.6) is 0 Å².